The fraction of sp³-hybridized carbons (Fsp3) is 0.200. The van der Waals surface area contributed by atoms with Crippen molar-refractivity contribution >= 4 is 35.2 Å². The Hall–Kier alpha value is -2.59. The van der Waals surface area contributed by atoms with Crippen LogP contribution in [0, 0.1) is 6.92 Å². The van der Waals surface area contributed by atoms with Crippen molar-refractivity contribution in [1.29, 1.82) is 0 Å². The highest BCUT2D eigenvalue weighted by atomic mass is 35.5. The highest BCUT2D eigenvalue weighted by Gasteiger charge is 2.11. The molecule has 0 atom stereocenters. The van der Waals surface area contributed by atoms with E-state index in [4.69, 9.17) is 11.6 Å². The van der Waals surface area contributed by atoms with Gasteiger partial charge in [0.2, 0.25) is 5.91 Å². The minimum atomic E-state index is -0.269. The van der Waals surface area contributed by atoms with E-state index in [1.165, 1.54) is 6.08 Å². The van der Waals surface area contributed by atoms with Crippen molar-refractivity contribution in [3.8, 4) is 0 Å². The number of carbonyl (C=O) groups excluding carboxylic acids is 2. The molecular formula is C20H21ClN2O2. The third-order valence-electron chi connectivity index (χ3n) is 3.47. The van der Waals surface area contributed by atoms with Crippen molar-refractivity contribution in [1.82, 2.24) is 5.32 Å². The number of aryl methyl sites for hydroxylation is 1. The molecule has 2 N–H and O–H groups in total. The van der Waals surface area contributed by atoms with Crippen LogP contribution in [0.25, 0.3) is 6.08 Å². The average molecular weight is 357 g/mol. The lowest BCUT2D eigenvalue weighted by Crippen LogP contribution is -2.30. The largest absolute Gasteiger partial charge is 0.350 e. The van der Waals surface area contributed by atoms with E-state index in [-0.39, 0.29) is 17.9 Å². The molecule has 2 amide bonds. The Morgan fingerprint density at radius 3 is 2.40 bits per heavy atom. The first kappa shape index (κ1) is 18.7. The summed E-state index contributed by atoms with van der Waals surface area (Å²) in [7, 11) is 0. The van der Waals surface area contributed by atoms with Gasteiger partial charge in [0, 0.05) is 28.4 Å². The molecule has 0 saturated carbocycles. The van der Waals surface area contributed by atoms with Crippen molar-refractivity contribution in [2.75, 3.05) is 5.32 Å². The molecule has 25 heavy (non-hydrogen) atoms. The summed E-state index contributed by atoms with van der Waals surface area (Å²) in [5.41, 5.74) is 2.85. The van der Waals surface area contributed by atoms with E-state index in [1.54, 1.807) is 30.3 Å². The smallest absolute Gasteiger partial charge is 0.251 e. The summed E-state index contributed by atoms with van der Waals surface area (Å²) in [6, 6.07) is 12.5. The highest BCUT2D eigenvalue weighted by molar-refractivity contribution is 6.30. The molecule has 0 aromatic heterocycles. The van der Waals surface area contributed by atoms with Crippen molar-refractivity contribution in [2.24, 2.45) is 0 Å². The van der Waals surface area contributed by atoms with Gasteiger partial charge in [-0.25, -0.2) is 0 Å². The lowest BCUT2D eigenvalue weighted by atomic mass is 10.1. The fourth-order valence-electron chi connectivity index (χ4n) is 2.21. The first-order chi connectivity index (χ1) is 11.8. The van der Waals surface area contributed by atoms with Gasteiger partial charge in [0.15, 0.2) is 0 Å². The maximum absolute atomic E-state index is 12.2. The molecule has 5 heteroatoms. The van der Waals surface area contributed by atoms with E-state index in [2.05, 4.69) is 10.6 Å². The number of nitrogens with one attached hydrogen (secondary N) is 2. The van der Waals surface area contributed by atoms with Gasteiger partial charge >= 0.3 is 0 Å². The van der Waals surface area contributed by atoms with Gasteiger partial charge in [0.1, 0.15) is 0 Å². The number of amides is 2. The Labute approximate surface area is 152 Å². The minimum absolute atomic E-state index is 0.0486. The number of carbonyl (C=O) groups is 2. The number of hydrogen-bond donors (Lipinski definition) is 2. The molecule has 0 bridgehead atoms. The summed E-state index contributed by atoms with van der Waals surface area (Å²) in [5.74, 6) is -0.422. The molecule has 0 unspecified atom stereocenters. The summed E-state index contributed by atoms with van der Waals surface area (Å²) in [4.78, 5) is 24.3. The van der Waals surface area contributed by atoms with E-state index in [0.29, 0.717) is 16.3 Å². The molecule has 0 radical (unpaired) electrons. The van der Waals surface area contributed by atoms with Crippen LogP contribution in [0.15, 0.2) is 48.5 Å². The van der Waals surface area contributed by atoms with Crippen LogP contribution in [-0.2, 0) is 4.79 Å². The molecule has 4 nitrogen and oxygen atoms in total. The van der Waals surface area contributed by atoms with Crippen LogP contribution < -0.4 is 10.6 Å². The molecule has 0 aliphatic heterocycles. The van der Waals surface area contributed by atoms with Crippen LogP contribution in [0.5, 0.6) is 0 Å². The number of halogens is 1. The lowest BCUT2D eigenvalue weighted by Gasteiger charge is -2.12. The van der Waals surface area contributed by atoms with Gasteiger partial charge in [-0.05, 0) is 62.2 Å². The Morgan fingerprint density at radius 1 is 1.08 bits per heavy atom. The quantitative estimate of drug-likeness (QED) is 0.778. The Morgan fingerprint density at radius 2 is 1.76 bits per heavy atom. The van der Waals surface area contributed by atoms with Gasteiger partial charge in [-0.3, -0.25) is 9.59 Å². The van der Waals surface area contributed by atoms with Crippen LogP contribution in [0.4, 0.5) is 5.69 Å². The zero-order valence-electron chi connectivity index (χ0n) is 14.5. The van der Waals surface area contributed by atoms with Crippen LogP contribution in [0.3, 0.4) is 0 Å². The number of hydrogen-bond acceptors (Lipinski definition) is 2. The van der Waals surface area contributed by atoms with Gasteiger partial charge < -0.3 is 10.6 Å². The van der Waals surface area contributed by atoms with Gasteiger partial charge in [0.05, 0.1) is 0 Å². The van der Waals surface area contributed by atoms with Gasteiger partial charge in [0.25, 0.3) is 5.91 Å². The van der Waals surface area contributed by atoms with Crippen LogP contribution >= 0.6 is 11.6 Å². The maximum Gasteiger partial charge on any atom is 0.251 e. The molecule has 2 aromatic carbocycles. The molecule has 0 heterocycles. The van der Waals surface area contributed by atoms with Crippen molar-refractivity contribution in [3.63, 3.8) is 0 Å². The summed E-state index contributed by atoms with van der Waals surface area (Å²) < 4.78 is 0. The lowest BCUT2D eigenvalue weighted by molar-refractivity contribution is -0.111. The van der Waals surface area contributed by atoms with Gasteiger partial charge in [-0.2, -0.15) is 0 Å². The molecule has 2 rings (SSSR count). The van der Waals surface area contributed by atoms with Crippen molar-refractivity contribution < 1.29 is 9.59 Å². The predicted molar refractivity (Wildman–Crippen MR) is 103 cm³/mol. The second-order valence-corrected chi connectivity index (χ2v) is 6.47. The van der Waals surface area contributed by atoms with Gasteiger partial charge in [-0.1, -0.05) is 29.8 Å². The first-order valence-corrected chi connectivity index (χ1v) is 8.39. The summed E-state index contributed by atoms with van der Waals surface area (Å²) in [5, 5.41) is 6.27. The molecule has 0 aliphatic carbocycles. The number of rotatable bonds is 5. The Bertz CT molecular complexity index is 796. The third-order valence-corrected chi connectivity index (χ3v) is 3.72. The van der Waals surface area contributed by atoms with Crippen molar-refractivity contribution in [3.05, 3.63) is 70.3 Å². The van der Waals surface area contributed by atoms with Crippen LogP contribution in [0.1, 0.15) is 35.3 Å². The Balaban J connectivity index is 2.07. The zero-order valence-corrected chi connectivity index (χ0v) is 15.2. The molecule has 0 aliphatic rings. The SMILES string of the molecule is Cc1ccc(NC(=O)/C=C/c2ccc(Cl)cc2)cc1C(=O)NC(C)C. The van der Waals surface area contributed by atoms with Crippen molar-refractivity contribution in [2.45, 2.75) is 26.8 Å². The topological polar surface area (TPSA) is 58.2 Å². The van der Waals surface area contributed by atoms with Crippen LogP contribution in [0.2, 0.25) is 5.02 Å². The molecule has 0 fully saturated rings. The molecule has 0 saturated heterocycles. The molecule has 130 valence electrons. The summed E-state index contributed by atoms with van der Waals surface area (Å²) in [6.45, 7) is 5.67. The van der Waals surface area contributed by atoms with E-state index in [9.17, 15) is 9.59 Å². The second kappa shape index (κ2) is 8.49. The van der Waals surface area contributed by atoms with E-state index in [1.807, 2.05) is 39.0 Å². The standard InChI is InChI=1S/C20H21ClN2O2/c1-13(2)22-20(25)18-12-17(10-4-14(18)3)23-19(24)11-7-15-5-8-16(21)9-6-15/h4-13H,1-3H3,(H,22,25)(H,23,24)/b11-7+. The maximum atomic E-state index is 12.2. The van der Waals surface area contributed by atoms with Gasteiger partial charge in [-0.15, -0.1) is 0 Å². The predicted octanol–water partition coefficient (Wildman–Crippen LogP) is 4.44. The van der Waals surface area contributed by atoms with E-state index >= 15 is 0 Å². The van der Waals surface area contributed by atoms with E-state index in [0.717, 1.165) is 11.1 Å². The second-order valence-electron chi connectivity index (χ2n) is 6.03. The average Bonchev–Trinajstić information content (AvgIpc) is 2.55. The van der Waals surface area contributed by atoms with Crippen LogP contribution in [-0.4, -0.2) is 17.9 Å². The molecule has 0 spiro atoms. The molecular weight excluding hydrogens is 336 g/mol. The molecule has 2 aromatic rings. The zero-order chi connectivity index (χ0) is 18.4. The Kier molecular flexibility index (Phi) is 6.37. The summed E-state index contributed by atoms with van der Waals surface area (Å²) in [6.07, 6.45) is 3.14. The van der Waals surface area contributed by atoms with E-state index < -0.39 is 0 Å². The monoisotopic (exact) mass is 356 g/mol. The minimum Gasteiger partial charge on any atom is -0.350 e. The first-order valence-electron chi connectivity index (χ1n) is 8.01. The number of anilines is 1. The summed E-state index contributed by atoms with van der Waals surface area (Å²) >= 11 is 5.83. The number of benzene rings is 2. The normalized spacial score (nSPS) is 10.9. The highest BCUT2D eigenvalue weighted by Crippen LogP contribution is 2.16. The third kappa shape index (κ3) is 5.76. The fourth-order valence-corrected chi connectivity index (χ4v) is 2.34.